The minimum absolute atomic E-state index is 0. The number of aryl methyl sites for hydroxylation is 1. The fraction of sp³-hybridized carbons (Fsp3) is 0.278. The van der Waals surface area contributed by atoms with Gasteiger partial charge in [-0.3, -0.25) is 9.79 Å². The molecule has 8 heteroatoms. The molecule has 1 heterocycles. The minimum Gasteiger partial charge on any atom is -0.356 e. The lowest BCUT2D eigenvalue weighted by molar-refractivity contribution is -0.116. The maximum atomic E-state index is 13.1. The van der Waals surface area contributed by atoms with Crippen LogP contribution in [-0.4, -0.2) is 30.4 Å². The van der Waals surface area contributed by atoms with Gasteiger partial charge < -0.3 is 16.0 Å². The molecule has 26 heavy (non-hydrogen) atoms. The maximum Gasteiger partial charge on any atom is 0.227 e. The van der Waals surface area contributed by atoms with E-state index in [0.29, 0.717) is 24.9 Å². The highest BCUT2D eigenvalue weighted by Gasteiger charge is 2.05. The van der Waals surface area contributed by atoms with E-state index in [0.717, 1.165) is 11.3 Å². The van der Waals surface area contributed by atoms with Gasteiger partial charge in [-0.1, -0.05) is 18.2 Å². The second-order valence-electron chi connectivity index (χ2n) is 5.44. The molecule has 1 aromatic carbocycles. The largest absolute Gasteiger partial charge is 0.356 e. The first-order valence-corrected chi connectivity index (χ1v) is 7.99. The van der Waals surface area contributed by atoms with Crippen molar-refractivity contribution >= 4 is 41.7 Å². The molecule has 0 aliphatic rings. The van der Waals surface area contributed by atoms with E-state index in [1.807, 2.05) is 25.1 Å². The van der Waals surface area contributed by atoms with Crippen molar-refractivity contribution in [1.29, 1.82) is 0 Å². The zero-order chi connectivity index (χ0) is 18.1. The average Bonchev–Trinajstić information content (AvgIpc) is 2.58. The van der Waals surface area contributed by atoms with Crippen LogP contribution in [0.4, 0.5) is 10.2 Å². The van der Waals surface area contributed by atoms with Gasteiger partial charge in [0, 0.05) is 32.3 Å². The Labute approximate surface area is 169 Å². The summed E-state index contributed by atoms with van der Waals surface area (Å²) in [7, 11) is 1.64. The first-order valence-electron chi connectivity index (χ1n) is 7.99. The van der Waals surface area contributed by atoms with E-state index in [4.69, 9.17) is 0 Å². The van der Waals surface area contributed by atoms with Crippen molar-refractivity contribution in [2.75, 3.05) is 18.9 Å². The number of halogens is 2. The van der Waals surface area contributed by atoms with Gasteiger partial charge in [0.15, 0.2) is 5.96 Å². The number of hydrogen-bond acceptors (Lipinski definition) is 3. The standard InChI is InChI=1S/C18H22FN5O.HI/c1-13-5-3-8-16(23-13)24-17(25)9-10-21-18(20-2)22-12-14-6-4-7-15(19)11-14;/h3-8,11H,9-10,12H2,1-2H3,(H2,20,21,22)(H,23,24,25);1H. The summed E-state index contributed by atoms with van der Waals surface area (Å²) >= 11 is 0. The molecule has 0 unspecified atom stereocenters. The van der Waals surface area contributed by atoms with Crippen molar-refractivity contribution in [2.45, 2.75) is 19.9 Å². The van der Waals surface area contributed by atoms with E-state index in [1.165, 1.54) is 12.1 Å². The van der Waals surface area contributed by atoms with Crippen LogP contribution < -0.4 is 16.0 Å². The highest BCUT2D eigenvalue weighted by molar-refractivity contribution is 14.0. The molecule has 0 aliphatic carbocycles. The third-order valence-corrected chi connectivity index (χ3v) is 3.37. The van der Waals surface area contributed by atoms with Gasteiger partial charge in [-0.15, -0.1) is 24.0 Å². The number of nitrogens with one attached hydrogen (secondary N) is 3. The molecule has 0 spiro atoms. The summed E-state index contributed by atoms with van der Waals surface area (Å²) in [4.78, 5) is 20.2. The summed E-state index contributed by atoms with van der Waals surface area (Å²) in [6.07, 6.45) is 0.274. The van der Waals surface area contributed by atoms with Gasteiger partial charge in [-0.05, 0) is 36.8 Å². The zero-order valence-electron chi connectivity index (χ0n) is 14.8. The predicted molar refractivity (Wildman–Crippen MR) is 112 cm³/mol. The number of pyridine rings is 1. The number of carbonyl (C=O) groups excluding carboxylic acids is 1. The van der Waals surface area contributed by atoms with Crippen molar-refractivity contribution in [3.8, 4) is 0 Å². The Morgan fingerprint density at radius 2 is 1.96 bits per heavy atom. The van der Waals surface area contributed by atoms with E-state index in [1.54, 1.807) is 19.2 Å². The van der Waals surface area contributed by atoms with E-state index < -0.39 is 0 Å². The number of benzene rings is 1. The van der Waals surface area contributed by atoms with Crippen LogP contribution in [0.15, 0.2) is 47.5 Å². The van der Waals surface area contributed by atoms with Gasteiger partial charge in [0.2, 0.25) is 5.91 Å². The summed E-state index contributed by atoms with van der Waals surface area (Å²) in [5.41, 5.74) is 1.66. The number of aromatic nitrogens is 1. The molecule has 6 nitrogen and oxygen atoms in total. The van der Waals surface area contributed by atoms with Crippen LogP contribution in [0.2, 0.25) is 0 Å². The van der Waals surface area contributed by atoms with E-state index in [-0.39, 0.29) is 42.1 Å². The quantitative estimate of drug-likeness (QED) is 0.344. The lowest BCUT2D eigenvalue weighted by Crippen LogP contribution is -2.38. The Morgan fingerprint density at radius 1 is 1.19 bits per heavy atom. The molecule has 1 amide bonds. The fourth-order valence-corrected chi connectivity index (χ4v) is 2.17. The molecule has 140 valence electrons. The molecule has 2 rings (SSSR count). The monoisotopic (exact) mass is 471 g/mol. The summed E-state index contributed by atoms with van der Waals surface area (Å²) in [5, 5.41) is 8.86. The number of carbonyl (C=O) groups is 1. The van der Waals surface area contributed by atoms with Crippen LogP contribution in [0.3, 0.4) is 0 Å². The van der Waals surface area contributed by atoms with E-state index in [2.05, 4.69) is 25.9 Å². The first-order chi connectivity index (χ1) is 12.1. The van der Waals surface area contributed by atoms with Gasteiger partial charge >= 0.3 is 0 Å². The zero-order valence-corrected chi connectivity index (χ0v) is 17.1. The molecule has 3 N–H and O–H groups in total. The summed E-state index contributed by atoms with van der Waals surface area (Å²) in [6, 6.07) is 11.8. The van der Waals surface area contributed by atoms with Gasteiger partial charge in [-0.25, -0.2) is 9.37 Å². The lowest BCUT2D eigenvalue weighted by Gasteiger charge is -2.12. The van der Waals surface area contributed by atoms with Gasteiger partial charge in [0.1, 0.15) is 11.6 Å². The molecular weight excluding hydrogens is 448 g/mol. The van der Waals surface area contributed by atoms with Gasteiger partial charge in [0.25, 0.3) is 0 Å². The van der Waals surface area contributed by atoms with Crippen molar-refractivity contribution in [3.63, 3.8) is 0 Å². The van der Waals surface area contributed by atoms with Gasteiger partial charge in [-0.2, -0.15) is 0 Å². The number of anilines is 1. The molecular formula is C18H23FIN5O. The molecule has 0 aliphatic heterocycles. The Kier molecular flexibility index (Phi) is 9.56. The highest BCUT2D eigenvalue weighted by Crippen LogP contribution is 2.04. The van der Waals surface area contributed by atoms with Crippen LogP contribution in [0.5, 0.6) is 0 Å². The lowest BCUT2D eigenvalue weighted by atomic mass is 10.2. The maximum absolute atomic E-state index is 13.1. The third kappa shape index (κ3) is 7.77. The van der Waals surface area contributed by atoms with Gasteiger partial charge in [0.05, 0.1) is 0 Å². The van der Waals surface area contributed by atoms with Crippen LogP contribution in [0.25, 0.3) is 0 Å². The van der Waals surface area contributed by atoms with Crippen molar-refractivity contribution in [3.05, 3.63) is 59.5 Å². The predicted octanol–water partition coefficient (Wildman–Crippen LogP) is 2.84. The minimum atomic E-state index is -0.274. The van der Waals surface area contributed by atoms with E-state index in [9.17, 15) is 9.18 Å². The topological polar surface area (TPSA) is 78.4 Å². The average molecular weight is 471 g/mol. The third-order valence-electron chi connectivity index (χ3n) is 3.37. The molecule has 0 radical (unpaired) electrons. The Hall–Kier alpha value is -2.23. The molecule has 0 saturated carbocycles. The van der Waals surface area contributed by atoms with Crippen molar-refractivity contribution < 1.29 is 9.18 Å². The first kappa shape index (κ1) is 21.8. The van der Waals surface area contributed by atoms with E-state index >= 15 is 0 Å². The van der Waals surface area contributed by atoms with Crippen molar-refractivity contribution in [1.82, 2.24) is 15.6 Å². The van der Waals surface area contributed by atoms with Crippen LogP contribution in [0.1, 0.15) is 17.7 Å². The fourth-order valence-electron chi connectivity index (χ4n) is 2.17. The highest BCUT2D eigenvalue weighted by atomic mass is 127. The molecule has 2 aromatic rings. The number of nitrogens with zero attached hydrogens (tertiary/aromatic N) is 2. The number of amides is 1. The summed E-state index contributed by atoms with van der Waals surface area (Å²) in [6.45, 7) is 2.72. The van der Waals surface area contributed by atoms with Crippen LogP contribution in [-0.2, 0) is 11.3 Å². The smallest absolute Gasteiger partial charge is 0.227 e. The number of hydrogen-bond donors (Lipinski definition) is 3. The normalized spacial score (nSPS) is 10.7. The Balaban J connectivity index is 0.00000338. The Morgan fingerprint density at radius 3 is 2.65 bits per heavy atom. The second-order valence-corrected chi connectivity index (χ2v) is 5.44. The van der Waals surface area contributed by atoms with Crippen molar-refractivity contribution in [2.24, 2.45) is 4.99 Å². The van der Waals surface area contributed by atoms with Crippen LogP contribution in [0, 0.1) is 12.7 Å². The summed E-state index contributed by atoms with van der Waals surface area (Å²) in [5.74, 6) is 0.680. The molecule has 0 bridgehead atoms. The second kappa shape index (κ2) is 11.4. The number of guanidine groups is 1. The molecule has 1 aromatic heterocycles. The number of rotatable bonds is 6. The molecule has 0 atom stereocenters. The SMILES string of the molecule is CN=C(NCCC(=O)Nc1cccc(C)n1)NCc1cccc(F)c1.I. The van der Waals surface area contributed by atoms with Crippen LogP contribution >= 0.6 is 24.0 Å². The summed E-state index contributed by atoms with van der Waals surface area (Å²) < 4.78 is 13.1. The molecule has 0 fully saturated rings. The Bertz CT molecular complexity index is 754. The molecule has 0 saturated heterocycles. The number of aliphatic imine (C=N–C) groups is 1.